The average Bonchev–Trinajstić information content (AvgIpc) is 3.30. The van der Waals surface area contributed by atoms with Crippen molar-refractivity contribution in [2.75, 3.05) is 13.2 Å². The van der Waals surface area contributed by atoms with E-state index in [0.717, 1.165) is 27.5 Å². The predicted molar refractivity (Wildman–Crippen MR) is 161 cm³/mol. The molecule has 1 atom stereocenters. The van der Waals surface area contributed by atoms with Crippen LogP contribution in [0.2, 0.25) is 0 Å². The Morgan fingerprint density at radius 1 is 1.10 bits per heavy atom. The largest absolute Gasteiger partial charge is 0.395 e. The maximum Gasteiger partial charge on any atom is 0.204 e. The Kier molecular flexibility index (Phi) is 9.40. The number of aliphatic imine (C=N–C) groups is 1. The molecule has 2 aromatic heterocycles. The van der Waals surface area contributed by atoms with Crippen molar-refractivity contribution in [3.05, 3.63) is 94.4 Å². The summed E-state index contributed by atoms with van der Waals surface area (Å²) < 4.78 is 5.09. The molecular formula is C30H37N7OS. The Morgan fingerprint density at radius 2 is 1.85 bits per heavy atom. The maximum absolute atomic E-state index is 8.62. The van der Waals surface area contributed by atoms with E-state index >= 15 is 0 Å². The highest BCUT2D eigenvalue weighted by molar-refractivity contribution is 7.98. The van der Waals surface area contributed by atoms with Gasteiger partial charge in [-0.25, -0.2) is 9.98 Å². The topological polar surface area (TPSA) is 113 Å². The van der Waals surface area contributed by atoms with Crippen LogP contribution in [0.15, 0.2) is 76.4 Å². The first kappa shape index (κ1) is 28.4. The molecule has 4 aromatic rings. The third-order valence-electron chi connectivity index (χ3n) is 6.82. The Labute approximate surface area is 234 Å². The summed E-state index contributed by atoms with van der Waals surface area (Å²) in [4.78, 5) is 14.6. The maximum atomic E-state index is 8.62. The summed E-state index contributed by atoms with van der Waals surface area (Å²) >= 11 is 1.50. The first-order chi connectivity index (χ1) is 18.8. The Morgan fingerprint density at radius 3 is 2.59 bits per heavy atom. The molecule has 0 amide bonds. The number of fused-ring (bicyclic) bond motifs is 3. The van der Waals surface area contributed by atoms with Crippen molar-refractivity contribution in [2.45, 2.75) is 45.1 Å². The Bertz CT molecular complexity index is 1490. The lowest BCUT2D eigenvalue weighted by molar-refractivity contribution is 0.291. The predicted octanol–water partition coefficient (Wildman–Crippen LogP) is 4.81. The molecule has 0 fully saturated rings. The highest BCUT2D eigenvalue weighted by Crippen LogP contribution is 2.35. The van der Waals surface area contributed by atoms with Crippen LogP contribution in [-0.4, -0.2) is 38.8 Å². The first-order valence-corrected chi connectivity index (χ1v) is 13.8. The van der Waals surface area contributed by atoms with Crippen LogP contribution in [-0.2, 0) is 13.6 Å². The average molecular weight is 544 g/mol. The van der Waals surface area contributed by atoms with Gasteiger partial charge >= 0.3 is 0 Å². The molecule has 9 heteroatoms. The molecule has 2 bridgehead atoms. The molecule has 3 heterocycles. The zero-order valence-corrected chi connectivity index (χ0v) is 24.0. The van der Waals surface area contributed by atoms with Gasteiger partial charge in [-0.15, -0.1) is 0 Å². The van der Waals surface area contributed by atoms with Crippen molar-refractivity contribution in [1.82, 2.24) is 24.6 Å². The number of guanidine groups is 1. The number of aryl methyl sites for hydroxylation is 3. The molecule has 5 N–H and O–H groups in total. The smallest absolute Gasteiger partial charge is 0.204 e. The number of nitrogens with two attached hydrogens (primary N) is 1. The summed E-state index contributed by atoms with van der Waals surface area (Å²) in [6.07, 6.45) is 3.70. The van der Waals surface area contributed by atoms with Crippen molar-refractivity contribution in [1.29, 1.82) is 0 Å². The molecule has 0 spiro atoms. The highest BCUT2D eigenvalue weighted by atomic mass is 32.2. The number of allylic oxidation sites excluding steroid dienone is 1. The monoisotopic (exact) mass is 543 g/mol. The minimum atomic E-state index is 0.139. The number of aliphatic hydroxyl groups is 1. The summed E-state index contributed by atoms with van der Waals surface area (Å²) in [5.74, 6) is 0.700. The molecule has 0 saturated carbocycles. The number of rotatable bonds is 5. The highest BCUT2D eigenvalue weighted by Gasteiger charge is 2.18. The third kappa shape index (κ3) is 6.86. The van der Waals surface area contributed by atoms with Crippen molar-refractivity contribution in [2.24, 2.45) is 17.8 Å². The minimum Gasteiger partial charge on any atom is -0.395 e. The zero-order valence-electron chi connectivity index (χ0n) is 23.2. The Balaban J connectivity index is 0.000000202. The van der Waals surface area contributed by atoms with Crippen LogP contribution in [0.25, 0.3) is 16.9 Å². The van der Waals surface area contributed by atoms with Crippen LogP contribution in [0.4, 0.5) is 0 Å². The number of aliphatic hydroxyl groups excluding tert-OH is 1. The quantitative estimate of drug-likeness (QED) is 0.211. The van der Waals surface area contributed by atoms with E-state index < -0.39 is 0 Å². The number of hydrogen-bond acceptors (Lipinski definition) is 8. The van der Waals surface area contributed by atoms with Crippen LogP contribution in [0.5, 0.6) is 0 Å². The van der Waals surface area contributed by atoms with Gasteiger partial charge in [0.25, 0.3) is 0 Å². The summed E-state index contributed by atoms with van der Waals surface area (Å²) in [7, 11) is 1.95. The van der Waals surface area contributed by atoms with Gasteiger partial charge < -0.3 is 20.7 Å². The second-order valence-electron chi connectivity index (χ2n) is 9.69. The molecule has 204 valence electrons. The van der Waals surface area contributed by atoms with Gasteiger partial charge in [0.15, 0.2) is 5.65 Å². The van der Waals surface area contributed by atoms with Gasteiger partial charge in [-0.1, -0.05) is 37.3 Å². The standard InChI is InChI=1S/C20H23N3S.C10H14N4O/c1-12-7-5-8-13(2)18(12)19-15(4)14(3)16-9-6-10-17(11-16)24-23-20(21)22-19;1-14-4-2-9-10(14)13-8(7-12-9)6-11-3-5-15/h5-11,14H,1-4H3,(H3,21,22,23);2,4,7,11,15H,3,5-6H2,1H3/b19-15-;. The van der Waals surface area contributed by atoms with Gasteiger partial charge in [0.05, 0.1) is 24.2 Å². The molecule has 8 nitrogen and oxygen atoms in total. The molecule has 39 heavy (non-hydrogen) atoms. The number of hydrogen-bond donors (Lipinski definition) is 4. The molecular weight excluding hydrogens is 506 g/mol. The van der Waals surface area contributed by atoms with Gasteiger partial charge in [0, 0.05) is 42.7 Å². The first-order valence-electron chi connectivity index (χ1n) is 13.0. The number of nitrogens with zero attached hydrogens (tertiary/aromatic N) is 4. The fourth-order valence-electron chi connectivity index (χ4n) is 4.52. The zero-order chi connectivity index (χ0) is 27.9. The summed E-state index contributed by atoms with van der Waals surface area (Å²) in [6, 6.07) is 16.8. The third-order valence-corrected chi connectivity index (χ3v) is 7.62. The second kappa shape index (κ2) is 12.9. The van der Waals surface area contributed by atoms with E-state index in [1.54, 1.807) is 6.20 Å². The van der Waals surface area contributed by atoms with Gasteiger partial charge in [0.2, 0.25) is 5.96 Å². The minimum absolute atomic E-state index is 0.139. The summed E-state index contributed by atoms with van der Waals surface area (Å²) in [6.45, 7) is 9.99. The van der Waals surface area contributed by atoms with Gasteiger partial charge in [-0.3, -0.25) is 9.71 Å². The van der Waals surface area contributed by atoms with Crippen LogP contribution in [0.1, 0.15) is 47.7 Å². The van der Waals surface area contributed by atoms with Crippen molar-refractivity contribution in [3.63, 3.8) is 0 Å². The number of aromatic nitrogens is 3. The van der Waals surface area contributed by atoms with Crippen molar-refractivity contribution < 1.29 is 5.11 Å². The lowest BCUT2D eigenvalue weighted by Crippen LogP contribution is -2.26. The normalized spacial score (nSPS) is 17.2. The molecule has 0 radical (unpaired) electrons. The van der Waals surface area contributed by atoms with E-state index in [4.69, 9.17) is 15.8 Å². The summed E-state index contributed by atoms with van der Waals surface area (Å²) in [5.41, 5.74) is 15.9. The number of benzene rings is 2. The van der Waals surface area contributed by atoms with Gasteiger partial charge in [-0.05, 0) is 73.2 Å². The number of nitrogens with one attached hydrogen (secondary N) is 2. The van der Waals surface area contributed by atoms with Gasteiger partial charge in [0.1, 0.15) is 5.52 Å². The van der Waals surface area contributed by atoms with Crippen LogP contribution < -0.4 is 15.8 Å². The molecule has 2 aromatic carbocycles. The van der Waals surface area contributed by atoms with E-state index in [1.165, 1.54) is 39.8 Å². The fourth-order valence-corrected chi connectivity index (χ4v) is 5.13. The fraction of sp³-hybridized carbons (Fsp3) is 0.300. The van der Waals surface area contributed by atoms with E-state index in [-0.39, 0.29) is 12.5 Å². The molecule has 1 aliphatic rings. The van der Waals surface area contributed by atoms with E-state index in [2.05, 4.69) is 90.2 Å². The van der Waals surface area contributed by atoms with Crippen LogP contribution in [0, 0.1) is 13.8 Å². The lowest BCUT2D eigenvalue weighted by atomic mass is 9.88. The van der Waals surface area contributed by atoms with Crippen molar-refractivity contribution in [3.8, 4) is 0 Å². The van der Waals surface area contributed by atoms with E-state index in [1.807, 2.05) is 23.9 Å². The second-order valence-corrected chi connectivity index (χ2v) is 10.6. The summed E-state index contributed by atoms with van der Waals surface area (Å²) in [5, 5.41) is 11.7. The molecule has 0 aliphatic carbocycles. The van der Waals surface area contributed by atoms with Crippen LogP contribution >= 0.6 is 11.9 Å². The molecule has 1 unspecified atom stereocenters. The van der Waals surface area contributed by atoms with Crippen molar-refractivity contribution >= 4 is 34.8 Å². The van der Waals surface area contributed by atoms with E-state index in [9.17, 15) is 0 Å². The van der Waals surface area contributed by atoms with Crippen LogP contribution in [0.3, 0.4) is 0 Å². The Hall–Kier alpha value is -3.66. The molecule has 1 aliphatic heterocycles. The van der Waals surface area contributed by atoms with E-state index in [0.29, 0.717) is 19.0 Å². The lowest BCUT2D eigenvalue weighted by Gasteiger charge is -2.21. The SMILES string of the molecule is C/C1=C(\c2c(C)cccc2C)N=C(N)NSc2cccc(c2)C1C.Cn1ccc2ncc(CNCCO)nc21. The van der Waals surface area contributed by atoms with Gasteiger partial charge in [-0.2, -0.15) is 0 Å². The molecule has 0 saturated heterocycles. The molecule has 5 rings (SSSR count).